The number of aryl methyl sites for hydroxylation is 1. The number of urea groups is 1. The van der Waals surface area contributed by atoms with Crippen LogP contribution in [0.1, 0.15) is 24.8 Å². The Bertz CT molecular complexity index is 1230. The molecule has 5 rings (SSSR count). The number of amides is 2. The van der Waals surface area contributed by atoms with Crippen LogP contribution in [-0.2, 0) is 0 Å². The standard InChI is InChI=1S/C22H23N7O/c1-14-6-5-7-15-12-23-21(28-19(14)15)26-16-10-17-20(25-13-24-17)18(11-16)27-22(30)29-8-3-2-4-9-29/h5-7,10-13H,2-4,8-9H2,1H3,(H,24,25)(H,27,30)(H,23,26,28). The number of fused-ring (bicyclic) bond motifs is 2. The molecule has 2 amide bonds. The number of rotatable bonds is 3. The number of nitrogens with zero attached hydrogens (tertiary/aromatic N) is 4. The van der Waals surface area contributed by atoms with E-state index >= 15 is 0 Å². The van der Waals surface area contributed by atoms with Gasteiger partial charge in [-0.1, -0.05) is 18.2 Å². The van der Waals surface area contributed by atoms with E-state index in [-0.39, 0.29) is 6.03 Å². The molecule has 0 unspecified atom stereocenters. The molecule has 2 aromatic carbocycles. The maximum Gasteiger partial charge on any atom is 0.321 e. The molecule has 0 atom stereocenters. The average molecular weight is 401 g/mol. The molecule has 1 aliphatic rings. The highest BCUT2D eigenvalue weighted by molar-refractivity contribution is 6.00. The van der Waals surface area contributed by atoms with Crippen molar-refractivity contribution in [2.24, 2.45) is 0 Å². The first-order chi connectivity index (χ1) is 14.7. The van der Waals surface area contributed by atoms with Crippen LogP contribution in [0.2, 0.25) is 0 Å². The van der Waals surface area contributed by atoms with Gasteiger partial charge < -0.3 is 20.5 Å². The van der Waals surface area contributed by atoms with Crippen LogP contribution >= 0.6 is 0 Å². The highest BCUT2D eigenvalue weighted by Crippen LogP contribution is 2.28. The largest absolute Gasteiger partial charge is 0.344 e. The second-order valence-electron chi connectivity index (χ2n) is 7.63. The van der Waals surface area contributed by atoms with E-state index < -0.39 is 0 Å². The second kappa shape index (κ2) is 7.62. The third-order valence-corrected chi connectivity index (χ3v) is 5.48. The fourth-order valence-corrected chi connectivity index (χ4v) is 3.90. The summed E-state index contributed by atoms with van der Waals surface area (Å²) in [7, 11) is 0. The highest BCUT2D eigenvalue weighted by Gasteiger charge is 2.18. The molecule has 152 valence electrons. The Hall–Kier alpha value is -3.68. The van der Waals surface area contributed by atoms with Crippen molar-refractivity contribution in [3.8, 4) is 0 Å². The molecule has 3 heterocycles. The van der Waals surface area contributed by atoms with Crippen molar-refractivity contribution in [3.05, 3.63) is 48.4 Å². The van der Waals surface area contributed by atoms with Crippen molar-refractivity contribution >= 4 is 45.3 Å². The molecular formula is C22H23N7O. The summed E-state index contributed by atoms with van der Waals surface area (Å²) in [5.41, 5.74) is 4.98. The molecule has 0 aliphatic carbocycles. The summed E-state index contributed by atoms with van der Waals surface area (Å²) in [6.07, 6.45) is 6.71. The number of carbonyl (C=O) groups is 1. The van der Waals surface area contributed by atoms with E-state index in [2.05, 4.69) is 30.6 Å². The van der Waals surface area contributed by atoms with Crippen molar-refractivity contribution in [2.75, 3.05) is 23.7 Å². The number of aromatic amines is 1. The van der Waals surface area contributed by atoms with Crippen molar-refractivity contribution < 1.29 is 4.79 Å². The van der Waals surface area contributed by atoms with Crippen molar-refractivity contribution in [1.82, 2.24) is 24.8 Å². The van der Waals surface area contributed by atoms with Gasteiger partial charge in [0.2, 0.25) is 5.95 Å². The lowest BCUT2D eigenvalue weighted by molar-refractivity contribution is 0.200. The van der Waals surface area contributed by atoms with E-state index in [1.54, 1.807) is 6.33 Å². The minimum atomic E-state index is -0.0891. The zero-order chi connectivity index (χ0) is 20.5. The van der Waals surface area contributed by atoms with Crippen LogP contribution in [0.15, 0.2) is 42.9 Å². The third-order valence-electron chi connectivity index (χ3n) is 5.48. The molecule has 1 saturated heterocycles. The van der Waals surface area contributed by atoms with Crippen molar-refractivity contribution in [2.45, 2.75) is 26.2 Å². The number of imidazole rings is 1. The molecule has 8 heteroatoms. The topological polar surface area (TPSA) is 98.8 Å². The number of aromatic nitrogens is 4. The van der Waals surface area contributed by atoms with Crippen LogP contribution in [0.5, 0.6) is 0 Å². The van der Waals surface area contributed by atoms with Gasteiger partial charge in [-0.15, -0.1) is 0 Å². The number of carbonyl (C=O) groups excluding carboxylic acids is 1. The molecule has 8 nitrogen and oxygen atoms in total. The van der Waals surface area contributed by atoms with Gasteiger partial charge in [-0.2, -0.15) is 0 Å². The summed E-state index contributed by atoms with van der Waals surface area (Å²) < 4.78 is 0. The first-order valence-electron chi connectivity index (χ1n) is 10.2. The SMILES string of the molecule is Cc1cccc2cnc(Nc3cc(NC(=O)N4CCCCC4)c4nc[nH]c4c3)nc12. The number of para-hydroxylation sites is 1. The maximum atomic E-state index is 12.7. The molecule has 3 N–H and O–H groups in total. The number of H-pyrrole nitrogens is 1. The van der Waals surface area contributed by atoms with Crippen molar-refractivity contribution in [1.29, 1.82) is 0 Å². The van der Waals surface area contributed by atoms with Crippen LogP contribution in [0.4, 0.5) is 22.1 Å². The van der Waals surface area contributed by atoms with Gasteiger partial charge in [0.15, 0.2) is 0 Å². The molecule has 0 saturated carbocycles. The summed E-state index contributed by atoms with van der Waals surface area (Å²) in [6.45, 7) is 3.61. The summed E-state index contributed by atoms with van der Waals surface area (Å²) in [6, 6.07) is 9.74. The molecule has 0 bridgehead atoms. The molecule has 1 fully saturated rings. The van der Waals surface area contributed by atoms with Gasteiger partial charge in [0.25, 0.3) is 0 Å². The fourth-order valence-electron chi connectivity index (χ4n) is 3.90. The van der Waals surface area contributed by atoms with E-state index in [1.807, 2.05) is 48.4 Å². The number of hydrogen-bond donors (Lipinski definition) is 3. The van der Waals surface area contributed by atoms with E-state index in [0.29, 0.717) is 11.6 Å². The second-order valence-corrected chi connectivity index (χ2v) is 7.63. The summed E-state index contributed by atoms with van der Waals surface area (Å²) in [5.74, 6) is 0.504. The molecule has 4 aromatic rings. The van der Waals surface area contributed by atoms with Crippen LogP contribution in [0.25, 0.3) is 21.9 Å². The number of nitrogens with one attached hydrogen (secondary N) is 3. The normalized spacial score (nSPS) is 14.2. The average Bonchev–Trinajstić information content (AvgIpc) is 3.24. The maximum absolute atomic E-state index is 12.7. The number of anilines is 3. The Morgan fingerprint density at radius 2 is 1.97 bits per heavy atom. The number of hydrogen-bond acceptors (Lipinski definition) is 5. The lowest BCUT2D eigenvalue weighted by atomic mass is 10.1. The fraction of sp³-hybridized carbons (Fsp3) is 0.273. The zero-order valence-corrected chi connectivity index (χ0v) is 16.8. The predicted octanol–water partition coefficient (Wildman–Crippen LogP) is 4.58. The number of benzene rings is 2. The molecule has 0 radical (unpaired) electrons. The lowest BCUT2D eigenvalue weighted by Gasteiger charge is -2.26. The van der Waals surface area contributed by atoms with Gasteiger partial charge in [-0.25, -0.2) is 19.7 Å². The summed E-state index contributed by atoms with van der Waals surface area (Å²) >= 11 is 0. The van der Waals surface area contributed by atoms with Gasteiger partial charge >= 0.3 is 6.03 Å². The van der Waals surface area contributed by atoms with E-state index in [4.69, 9.17) is 0 Å². The number of piperidine rings is 1. The van der Waals surface area contributed by atoms with Gasteiger partial charge in [-0.3, -0.25) is 0 Å². The molecular weight excluding hydrogens is 378 g/mol. The monoisotopic (exact) mass is 401 g/mol. The Balaban J connectivity index is 1.45. The Labute approximate surface area is 173 Å². The predicted molar refractivity (Wildman–Crippen MR) is 118 cm³/mol. The Morgan fingerprint density at radius 3 is 2.83 bits per heavy atom. The van der Waals surface area contributed by atoms with Gasteiger partial charge in [-0.05, 0) is 43.9 Å². The molecule has 0 spiro atoms. The summed E-state index contributed by atoms with van der Waals surface area (Å²) in [4.78, 5) is 31.2. The van der Waals surface area contributed by atoms with Gasteiger partial charge in [0.1, 0.15) is 5.52 Å². The zero-order valence-electron chi connectivity index (χ0n) is 16.8. The van der Waals surface area contributed by atoms with Crippen LogP contribution in [0, 0.1) is 6.92 Å². The minimum absolute atomic E-state index is 0.0891. The minimum Gasteiger partial charge on any atom is -0.344 e. The van der Waals surface area contributed by atoms with Crippen LogP contribution in [0.3, 0.4) is 0 Å². The van der Waals surface area contributed by atoms with E-state index in [1.165, 1.54) is 6.42 Å². The molecule has 2 aromatic heterocycles. The van der Waals surface area contributed by atoms with Gasteiger partial charge in [0, 0.05) is 30.4 Å². The van der Waals surface area contributed by atoms with E-state index in [0.717, 1.165) is 59.1 Å². The highest BCUT2D eigenvalue weighted by atomic mass is 16.2. The Morgan fingerprint density at radius 1 is 1.10 bits per heavy atom. The van der Waals surface area contributed by atoms with Crippen LogP contribution < -0.4 is 10.6 Å². The van der Waals surface area contributed by atoms with Gasteiger partial charge in [0.05, 0.1) is 23.0 Å². The first kappa shape index (κ1) is 18.4. The third kappa shape index (κ3) is 3.52. The number of likely N-dealkylation sites (tertiary alicyclic amines) is 1. The van der Waals surface area contributed by atoms with Crippen molar-refractivity contribution in [3.63, 3.8) is 0 Å². The lowest BCUT2D eigenvalue weighted by Crippen LogP contribution is -2.38. The first-order valence-corrected chi connectivity index (χ1v) is 10.2. The Kier molecular flexibility index (Phi) is 4.66. The smallest absolute Gasteiger partial charge is 0.321 e. The van der Waals surface area contributed by atoms with Crippen LogP contribution in [-0.4, -0.2) is 44.0 Å². The summed E-state index contributed by atoms with van der Waals surface area (Å²) in [5, 5.41) is 7.29. The quantitative estimate of drug-likeness (QED) is 0.467. The molecule has 1 aliphatic heterocycles. The van der Waals surface area contributed by atoms with E-state index in [9.17, 15) is 4.79 Å². The molecule has 30 heavy (non-hydrogen) atoms.